The highest BCUT2D eigenvalue weighted by Gasteiger charge is 2.16. The van der Waals surface area contributed by atoms with Gasteiger partial charge in [0.1, 0.15) is 5.75 Å². The van der Waals surface area contributed by atoms with Gasteiger partial charge in [0.25, 0.3) is 5.91 Å². The Labute approximate surface area is 183 Å². The summed E-state index contributed by atoms with van der Waals surface area (Å²) in [5.74, 6) is 1.89. The molecule has 0 spiro atoms. The first-order valence-electron chi connectivity index (χ1n) is 9.19. The molecule has 1 fully saturated rings. The highest BCUT2D eigenvalue weighted by atomic mass is 35.5. The molecule has 2 aromatic rings. The molecule has 0 bridgehead atoms. The molecule has 0 radical (unpaired) electrons. The first kappa shape index (κ1) is 21.9. The van der Waals surface area contributed by atoms with E-state index in [1.54, 1.807) is 12.1 Å². The molecule has 1 aliphatic rings. The zero-order valence-corrected chi connectivity index (χ0v) is 18.4. The molecule has 1 saturated heterocycles. The lowest BCUT2D eigenvalue weighted by Gasteiger charge is -2.21. The van der Waals surface area contributed by atoms with E-state index in [1.807, 2.05) is 60.8 Å². The van der Waals surface area contributed by atoms with Gasteiger partial charge >= 0.3 is 5.97 Å². The number of carbonyl (C=O) groups excluding carboxylic acids is 2. The van der Waals surface area contributed by atoms with Crippen LogP contribution in [0.3, 0.4) is 0 Å². The van der Waals surface area contributed by atoms with Crippen molar-refractivity contribution >= 4 is 52.7 Å². The third kappa shape index (κ3) is 6.87. The van der Waals surface area contributed by atoms with E-state index in [0.29, 0.717) is 21.0 Å². The molecular formula is C21H22ClNO4S2. The third-order valence-corrected chi connectivity index (χ3v) is 7.43. The van der Waals surface area contributed by atoms with E-state index in [1.165, 1.54) is 23.5 Å². The predicted octanol–water partition coefficient (Wildman–Crippen LogP) is 5.08. The summed E-state index contributed by atoms with van der Waals surface area (Å²) in [5.41, 5.74) is 2.71. The number of nitrogens with one attached hydrogen (secondary N) is 1. The summed E-state index contributed by atoms with van der Waals surface area (Å²) in [6.07, 6.45) is 1.26. The second-order valence-electron chi connectivity index (χ2n) is 6.48. The van der Waals surface area contributed by atoms with E-state index < -0.39 is 18.5 Å². The summed E-state index contributed by atoms with van der Waals surface area (Å²) >= 11 is 9.98. The van der Waals surface area contributed by atoms with Crippen molar-refractivity contribution in [1.82, 2.24) is 0 Å². The molecule has 1 N–H and O–H groups in total. The predicted molar refractivity (Wildman–Crippen MR) is 120 cm³/mol. The van der Waals surface area contributed by atoms with Gasteiger partial charge in [0.15, 0.2) is 13.2 Å². The van der Waals surface area contributed by atoms with E-state index in [2.05, 4.69) is 5.32 Å². The fourth-order valence-corrected chi connectivity index (χ4v) is 5.82. The van der Waals surface area contributed by atoms with Crippen LogP contribution in [0.2, 0.25) is 5.02 Å². The number of thioether (sulfide) groups is 2. The molecule has 0 aliphatic carbocycles. The average molecular weight is 452 g/mol. The molecule has 154 valence electrons. The van der Waals surface area contributed by atoms with E-state index in [4.69, 9.17) is 21.1 Å². The van der Waals surface area contributed by atoms with Crippen LogP contribution in [0, 0.1) is 6.92 Å². The van der Waals surface area contributed by atoms with Crippen molar-refractivity contribution in [1.29, 1.82) is 0 Å². The number of esters is 1. The van der Waals surface area contributed by atoms with Gasteiger partial charge in [0.05, 0.1) is 15.3 Å². The lowest BCUT2D eigenvalue weighted by molar-refractivity contribution is -0.149. The fraction of sp³-hybridized carbons (Fsp3) is 0.333. The maximum Gasteiger partial charge on any atom is 0.344 e. The van der Waals surface area contributed by atoms with Crippen molar-refractivity contribution in [2.24, 2.45) is 0 Å². The second kappa shape index (κ2) is 10.8. The maximum absolute atomic E-state index is 11.9. The summed E-state index contributed by atoms with van der Waals surface area (Å²) in [6.45, 7) is 1.24. The normalized spacial score (nSPS) is 14.3. The minimum atomic E-state index is -0.613. The Bertz CT molecular complexity index is 854. The van der Waals surface area contributed by atoms with Gasteiger partial charge in [0, 0.05) is 0 Å². The maximum atomic E-state index is 11.9. The van der Waals surface area contributed by atoms with Crippen LogP contribution < -0.4 is 10.1 Å². The molecule has 2 aromatic carbocycles. The van der Waals surface area contributed by atoms with E-state index in [0.717, 1.165) is 5.56 Å². The summed E-state index contributed by atoms with van der Waals surface area (Å²) in [4.78, 5) is 23.8. The number of hydrogen-bond donors (Lipinski definition) is 1. The number of amides is 1. The Kier molecular flexibility index (Phi) is 8.15. The first-order chi connectivity index (χ1) is 14.0. The zero-order chi connectivity index (χ0) is 20.6. The summed E-state index contributed by atoms with van der Waals surface area (Å²) in [7, 11) is 0. The molecule has 3 rings (SSSR count). The molecule has 1 heterocycles. The van der Waals surface area contributed by atoms with Crippen LogP contribution in [0.4, 0.5) is 5.69 Å². The van der Waals surface area contributed by atoms with Gasteiger partial charge in [0.2, 0.25) is 0 Å². The van der Waals surface area contributed by atoms with Crippen LogP contribution in [0.15, 0.2) is 42.5 Å². The van der Waals surface area contributed by atoms with Crippen molar-refractivity contribution in [3.05, 3.63) is 58.6 Å². The lowest BCUT2D eigenvalue weighted by Crippen LogP contribution is -2.23. The summed E-state index contributed by atoms with van der Waals surface area (Å²) < 4.78 is 10.9. The summed E-state index contributed by atoms with van der Waals surface area (Å²) in [5, 5.41) is 3.04. The summed E-state index contributed by atoms with van der Waals surface area (Å²) in [6, 6.07) is 13.0. The smallest absolute Gasteiger partial charge is 0.344 e. The number of hydrogen-bond acceptors (Lipinski definition) is 6. The van der Waals surface area contributed by atoms with Crippen LogP contribution in [-0.4, -0.2) is 36.6 Å². The third-order valence-electron chi connectivity index (χ3n) is 4.10. The quantitative estimate of drug-likeness (QED) is 0.592. The van der Waals surface area contributed by atoms with Crippen LogP contribution >= 0.6 is 35.1 Å². The zero-order valence-electron chi connectivity index (χ0n) is 16.0. The van der Waals surface area contributed by atoms with Gasteiger partial charge in [-0.15, -0.1) is 23.5 Å². The molecule has 1 amide bonds. The number of ether oxygens (including phenoxy) is 2. The molecule has 8 heteroatoms. The highest BCUT2D eigenvalue weighted by Crippen LogP contribution is 2.43. The van der Waals surface area contributed by atoms with Gasteiger partial charge in [-0.3, -0.25) is 4.79 Å². The van der Waals surface area contributed by atoms with E-state index >= 15 is 0 Å². The molecule has 0 unspecified atom stereocenters. The lowest BCUT2D eigenvalue weighted by atomic mass is 10.2. The Morgan fingerprint density at radius 1 is 1.10 bits per heavy atom. The van der Waals surface area contributed by atoms with Crippen molar-refractivity contribution < 1.29 is 19.1 Å². The average Bonchev–Trinajstić information content (AvgIpc) is 2.74. The number of halogens is 1. The molecule has 1 aliphatic heterocycles. The standard InChI is InChI=1S/C21H22ClNO4S2/c1-14-3-8-18(17(22)11-14)23-19(24)12-27-20(25)13-26-16-6-4-15(5-7-16)21-28-9-2-10-29-21/h3-8,11,21H,2,9-10,12-13H2,1H3,(H,23,24). The minimum Gasteiger partial charge on any atom is -0.482 e. The monoisotopic (exact) mass is 451 g/mol. The Balaban J connectivity index is 1.39. The SMILES string of the molecule is Cc1ccc(NC(=O)COC(=O)COc2ccc(C3SCCCS3)cc2)c(Cl)c1. The van der Waals surface area contributed by atoms with Gasteiger partial charge in [-0.25, -0.2) is 4.79 Å². The largest absolute Gasteiger partial charge is 0.482 e. The van der Waals surface area contributed by atoms with Crippen LogP contribution in [-0.2, 0) is 14.3 Å². The number of aryl methyl sites for hydroxylation is 1. The Hall–Kier alpha value is -1.83. The van der Waals surface area contributed by atoms with Crippen LogP contribution in [0.1, 0.15) is 22.1 Å². The van der Waals surface area contributed by atoms with E-state index in [-0.39, 0.29) is 6.61 Å². The number of carbonyl (C=O) groups is 2. The number of benzene rings is 2. The molecule has 0 atom stereocenters. The van der Waals surface area contributed by atoms with Crippen LogP contribution in [0.25, 0.3) is 0 Å². The van der Waals surface area contributed by atoms with Gasteiger partial charge in [-0.1, -0.05) is 29.8 Å². The molecule has 0 aromatic heterocycles. The Morgan fingerprint density at radius 3 is 2.52 bits per heavy atom. The van der Waals surface area contributed by atoms with Gasteiger partial charge in [-0.05, 0) is 60.2 Å². The Morgan fingerprint density at radius 2 is 1.83 bits per heavy atom. The van der Waals surface area contributed by atoms with Crippen molar-refractivity contribution in [2.75, 3.05) is 30.0 Å². The molecule has 0 saturated carbocycles. The minimum absolute atomic E-state index is 0.259. The highest BCUT2D eigenvalue weighted by molar-refractivity contribution is 8.16. The van der Waals surface area contributed by atoms with Gasteiger partial charge < -0.3 is 14.8 Å². The van der Waals surface area contributed by atoms with Crippen molar-refractivity contribution in [3.8, 4) is 5.75 Å². The van der Waals surface area contributed by atoms with Crippen LogP contribution in [0.5, 0.6) is 5.75 Å². The van der Waals surface area contributed by atoms with Crippen molar-refractivity contribution in [2.45, 2.75) is 17.9 Å². The van der Waals surface area contributed by atoms with E-state index in [9.17, 15) is 9.59 Å². The van der Waals surface area contributed by atoms with Gasteiger partial charge in [-0.2, -0.15) is 0 Å². The molecule has 29 heavy (non-hydrogen) atoms. The fourth-order valence-electron chi connectivity index (χ4n) is 2.64. The topological polar surface area (TPSA) is 64.6 Å². The number of anilines is 1. The molecular weight excluding hydrogens is 430 g/mol. The first-order valence-corrected chi connectivity index (χ1v) is 11.7. The number of rotatable bonds is 7. The second-order valence-corrected chi connectivity index (χ2v) is 9.61. The van der Waals surface area contributed by atoms with Crippen molar-refractivity contribution in [3.63, 3.8) is 0 Å². The molecule has 5 nitrogen and oxygen atoms in total.